The Kier molecular flexibility index (Phi) is 4.57. The SMILES string of the molecule is CCCN(Cc1oc(C)nc1CC)c1cc(Cl)cc2[nH]ncc12. The summed E-state index contributed by atoms with van der Waals surface area (Å²) in [5.74, 6) is 1.64. The first kappa shape index (κ1) is 15.9. The molecule has 0 aliphatic carbocycles. The van der Waals surface area contributed by atoms with Crippen LogP contribution in [0.2, 0.25) is 5.02 Å². The van der Waals surface area contributed by atoms with Crippen LogP contribution in [-0.2, 0) is 13.0 Å². The van der Waals surface area contributed by atoms with Gasteiger partial charge in [-0.3, -0.25) is 5.10 Å². The van der Waals surface area contributed by atoms with E-state index in [9.17, 15) is 0 Å². The van der Waals surface area contributed by atoms with Crippen LogP contribution in [-0.4, -0.2) is 21.7 Å². The molecule has 0 aliphatic heterocycles. The molecule has 0 unspecified atom stereocenters. The molecule has 0 bridgehead atoms. The number of rotatable bonds is 6. The van der Waals surface area contributed by atoms with Gasteiger partial charge in [0.25, 0.3) is 0 Å². The molecule has 0 atom stereocenters. The summed E-state index contributed by atoms with van der Waals surface area (Å²) in [7, 11) is 0. The topological polar surface area (TPSA) is 58.0 Å². The first-order chi connectivity index (χ1) is 11.1. The molecule has 0 saturated carbocycles. The predicted octanol–water partition coefficient (Wildman–Crippen LogP) is 4.49. The lowest BCUT2D eigenvalue weighted by atomic mass is 10.1. The van der Waals surface area contributed by atoms with E-state index in [1.165, 1.54) is 0 Å². The zero-order valence-electron chi connectivity index (χ0n) is 13.7. The average molecular weight is 333 g/mol. The molecular formula is C17H21ClN4O. The van der Waals surface area contributed by atoms with E-state index < -0.39 is 0 Å². The number of aromatic amines is 1. The van der Waals surface area contributed by atoms with E-state index in [0.717, 1.165) is 47.4 Å². The molecular weight excluding hydrogens is 312 g/mol. The molecule has 23 heavy (non-hydrogen) atoms. The summed E-state index contributed by atoms with van der Waals surface area (Å²) in [5.41, 5.74) is 3.03. The lowest BCUT2D eigenvalue weighted by molar-refractivity contribution is 0.467. The Balaban J connectivity index is 2.01. The molecule has 122 valence electrons. The normalized spacial score (nSPS) is 11.3. The van der Waals surface area contributed by atoms with Crippen LogP contribution < -0.4 is 4.90 Å². The molecule has 1 N–H and O–H groups in total. The maximum atomic E-state index is 6.28. The third-order valence-electron chi connectivity index (χ3n) is 3.89. The van der Waals surface area contributed by atoms with Crippen LogP contribution in [0.4, 0.5) is 5.69 Å². The number of aromatic nitrogens is 3. The number of anilines is 1. The highest BCUT2D eigenvalue weighted by molar-refractivity contribution is 6.31. The highest BCUT2D eigenvalue weighted by atomic mass is 35.5. The number of aryl methyl sites for hydroxylation is 2. The van der Waals surface area contributed by atoms with Crippen molar-refractivity contribution in [3.8, 4) is 0 Å². The van der Waals surface area contributed by atoms with Gasteiger partial charge in [-0.25, -0.2) is 4.98 Å². The molecule has 3 aromatic rings. The van der Waals surface area contributed by atoms with Gasteiger partial charge in [0.05, 0.1) is 24.0 Å². The van der Waals surface area contributed by atoms with Gasteiger partial charge >= 0.3 is 0 Å². The summed E-state index contributed by atoms with van der Waals surface area (Å²) in [6.07, 6.45) is 3.74. The fourth-order valence-electron chi connectivity index (χ4n) is 2.90. The van der Waals surface area contributed by atoms with E-state index in [2.05, 4.69) is 33.9 Å². The third-order valence-corrected chi connectivity index (χ3v) is 4.11. The Hall–Kier alpha value is -2.01. The van der Waals surface area contributed by atoms with Crippen LogP contribution in [0.1, 0.15) is 37.6 Å². The molecule has 3 rings (SSSR count). The Morgan fingerprint density at radius 2 is 2.13 bits per heavy atom. The van der Waals surface area contributed by atoms with Crippen molar-refractivity contribution in [3.05, 3.63) is 40.7 Å². The lowest BCUT2D eigenvalue weighted by Gasteiger charge is -2.24. The summed E-state index contributed by atoms with van der Waals surface area (Å²) in [6, 6.07) is 3.89. The van der Waals surface area contributed by atoms with Crippen molar-refractivity contribution in [2.24, 2.45) is 0 Å². The number of benzene rings is 1. The highest BCUT2D eigenvalue weighted by Crippen LogP contribution is 2.31. The number of halogens is 1. The fraction of sp³-hybridized carbons (Fsp3) is 0.412. The Labute approximate surface area is 140 Å². The van der Waals surface area contributed by atoms with Gasteiger partial charge in [-0.15, -0.1) is 0 Å². The van der Waals surface area contributed by atoms with E-state index in [0.29, 0.717) is 17.5 Å². The molecule has 1 aromatic carbocycles. The lowest BCUT2D eigenvalue weighted by Crippen LogP contribution is -2.24. The molecule has 5 nitrogen and oxygen atoms in total. The van der Waals surface area contributed by atoms with E-state index in [1.54, 1.807) is 0 Å². The van der Waals surface area contributed by atoms with Crippen molar-refractivity contribution in [2.75, 3.05) is 11.4 Å². The van der Waals surface area contributed by atoms with E-state index in [1.807, 2.05) is 25.3 Å². The van der Waals surface area contributed by atoms with Crippen molar-refractivity contribution in [3.63, 3.8) is 0 Å². The summed E-state index contributed by atoms with van der Waals surface area (Å²) in [6.45, 7) is 7.73. The van der Waals surface area contributed by atoms with Crippen molar-refractivity contribution in [1.82, 2.24) is 15.2 Å². The summed E-state index contributed by atoms with van der Waals surface area (Å²) < 4.78 is 5.82. The maximum Gasteiger partial charge on any atom is 0.191 e. The standard InChI is InChI=1S/C17H21ClN4O/c1-4-6-22(10-17-14(5-2)20-11(3)23-17)16-8-12(18)7-15-13(16)9-19-21-15/h7-9H,4-6,10H2,1-3H3,(H,19,21). The minimum Gasteiger partial charge on any atom is -0.444 e. The molecule has 0 aliphatic rings. The van der Waals surface area contributed by atoms with Gasteiger partial charge < -0.3 is 9.32 Å². The molecule has 0 amide bonds. The maximum absolute atomic E-state index is 6.28. The van der Waals surface area contributed by atoms with Crippen LogP contribution in [0, 0.1) is 6.92 Å². The number of nitrogens with one attached hydrogen (secondary N) is 1. The predicted molar refractivity (Wildman–Crippen MR) is 93.1 cm³/mol. The Morgan fingerprint density at radius 3 is 2.87 bits per heavy atom. The Morgan fingerprint density at radius 1 is 1.30 bits per heavy atom. The second kappa shape index (κ2) is 6.62. The van der Waals surface area contributed by atoms with Gasteiger partial charge in [0.1, 0.15) is 5.76 Å². The first-order valence-electron chi connectivity index (χ1n) is 7.95. The van der Waals surface area contributed by atoms with Crippen LogP contribution in [0.3, 0.4) is 0 Å². The molecule has 6 heteroatoms. The number of H-pyrrole nitrogens is 1. The zero-order chi connectivity index (χ0) is 16.4. The molecule has 0 fully saturated rings. The molecule has 2 heterocycles. The summed E-state index contributed by atoms with van der Waals surface area (Å²) >= 11 is 6.28. The first-order valence-corrected chi connectivity index (χ1v) is 8.32. The smallest absolute Gasteiger partial charge is 0.191 e. The zero-order valence-corrected chi connectivity index (χ0v) is 14.4. The monoisotopic (exact) mass is 332 g/mol. The van der Waals surface area contributed by atoms with Gasteiger partial charge in [0.15, 0.2) is 5.89 Å². The average Bonchev–Trinajstić information content (AvgIpc) is 3.11. The van der Waals surface area contributed by atoms with E-state index in [-0.39, 0.29) is 0 Å². The van der Waals surface area contributed by atoms with Gasteiger partial charge in [-0.05, 0) is 25.0 Å². The quantitative estimate of drug-likeness (QED) is 0.722. The minimum absolute atomic E-state index is 0.679. The number of hydrogen-bond acceptors (Lipinski definition) is 4. The fourth-order valence-corrected chi connectivity index (χ4v) is 3.11. The molecule has 0 spiro atoms. The van der Waals surface area contributed by atoms with Crippen molar-refractivity contribution in [2.45, 2.75) is 40.2 Å². The van der Waals surface area contributed by atoms with Crippen LogP contribution >= 0.6 is 11.6 Å². The highest BCUT2D eigenvalue weighted by Gasteiger charge is 2.17. The second-order valence-electron chi connectivity index (χ2n) is 5.63. The van der Waals surface area contributed by atoms with E-state index >= 15 is 0 Å². The molecule has 2 aromatic heterocycles. The van der Waals surface area contributed by atoms with Crippen LogP contribution in [0.15, 0.2) is 22.7 Å². The summed E-state index contributed by atoms with van der Waals surface area (Å²) in [4.78, 5) is 6.75. The van der Waals surface area contributed by atoms with Crippen molar-refractivity contribution >= 4 is 28.2 Å². The van der Waals surface area contributed by atoms with E-state index in [4.69, 9.17) is 16.0 Å². The van der Waals surface area contributed by atoms with Crippen LogP contribution in [0.25, 0.3) is 10.9 Å². The minimum atomic E-state index is 0.679. The van der Waals surface area contributed by atoms with Crippen molar-refractivity contribution < 1.29 is 4.42 Å². The van der Waals surface area contributed by atoms with Crippen molar-refractivity contribution in [1.29, 1.82) is 0 Å². The number of fused-ring (bicyclic) bond motifs is 1. The van der Waals surface area contributed by atoms with Gasteiger partial charge in [-0.1, -0.05) is 25.4 Å². The van der Waals surface area contributed by atoms with Gasteiger partial charge in [0.2, 0.25) is 0 Å². The Bertz CT molecular complexity index is 808. The number of oxazole rings is 1. The van der Waals surface area contributed by atoms with Crippen LogP contribution in [0.5, 0.6) is 0 Å². The van der Waals surface area contributed by atoms with Gasteiger partial charge in [-0.2, -0.15) is 5.10 Å². The second-order valence-corrected chi connectivity index (χ2v) is 6.07. The number of nitrogens with zero attached hydrogens (tertiary/aromatic N) is 3. The molecule has 0 saturated heterocycles. The van der Waals surface area contributed by atoms with Gasteiger partial charge in [0, 0.05) is 29.6 Å². The largest absolute Gasteiger partial charge is 0.444 e. The number of hydrogen-bond donors (Lipinski definition) is 1. The third kappa shape index (κ3) is 3.20. The molecule has 0 radical (unpaired) electrons. The summed E-state index contributed by atoms with van der Waals surface area (Å²) in [5, 5.41) is 8.90.